The Bertz CT molecular complexity index is 311. The van der Waals surface area contributed by atoms with Crippen LogP contribution in [-0.4, -0.2) is 55.8 Å². The zero-order valence-electron chi connectivity index (χ0n) is 9.53. The summed E-state index contributed by atoms with van der Waals surface area (Å²) in [6.07, 6.45) is 0. The number of carbonyl (C=O) groups is 2. The fourth-order valence-corrected chi connectivity index (χ4v) is 1.68. The van der Waals surface area contributed by atoms with Crippen molar-refractivity contribution in [1.29, 1.82) is 0 Å². The van der Waals surface area contributed by atoms with Gasteiger partial charge in [0, 0.05) is 27.2 Å². The molecule has 15 heavy (non-hydrogen) atoms. The number of nitrogens with zero attached hydrogens (tertiary/aromatic N) is 2. The van der Waals surface area contributed by atoms with Crippen LogP contribution in [0.15, 0.2) is 11.4 Å². The third-order valence-corrected chi connectivity index (χ3v) is 2.46. The molecule has 1 aliphatic rings. The molecule has 0 bridgehead atoms. The molecule has 0 aliphatic carbocycles. The van der Waals surface area contributed by atoms with E-state index >= 15 is 0 Å². The van der Waals surface area contributed by atoms with E-state index in [0.717, 1.165) is 13.1 Å². The Kier molecular flexibility index (Phi) is 3.34. The maximum Gasteiger partial charge on any atom is 0.345 e. The van der Waals surface area contributed by atoms with Crippen LogP contribution in [-0.2, 0) is 14.3 Å². The van der Waals surface area contributed by atoms with E-state index < -0.39 is 5.97 Å². The number of methoxy groups -OCH3 is 1. The summed E-state index contributed by atoms with van der Waals surface area (Å²) in [7, 11) is 4.98. The molecule has 0 aromatic carbocycles. The van der Waals surface area contributed by atoms with Crippen LogP contribution in [0.25, 0.3) is 0 Å². The lowest BCUT2D eigenvalue weighted by molar-refractivity contribution is -0.137. The number of hydrogen-bond acceptors (Lipinski definition) is 5. The first-order chi connectivity index (χ1) is 6.99. The van der Waals surface area contributed by atoms with Crippen LogP contribution in [0.5, 0.6) is 0 Å². The third-order valence-electron chi connectivity index (χ3n) is 2.46. The van der Waals surface area contributed by atoms with Gasteiger partial charge in [0.1, 0.15) is 11.4 Å². The second-order valence-electron chi connectivity index (χ2n) is 3.59. The molecule has 1 aliphatic heterocycles. The molecular formula is C10H16N2O3. The molecule has 1 rings (SSSR count). The minimum Gasteiger partial charge on any atom is -0.465 e. The van der Waals surface area contributed by atoms with Gasteiger partial charge in [-0.15, -0.1) is 0 Å². The van der Waals surface area contributed by atoms with E-state index in [2.05, 4.69) is 4.74 Å². The average molecular weight is 212 g/mol. The zero-order valence-corrected chi connectivity index (χ0v) is 9.53. The van der Waals surface area contributed by atoms with Crippen LogP contribution >= 0.6 is 0 Å². The molecule has 0 amide bonds. The van der Waals surface area contributed by atoms with Crippen molar-refractivity contribution in [2.24, 2.45) is 0 Å². The molecule has 1 saturated heterocycles. The number of ether oxygens (including phenoxy) is 1. The quantitative estimate of drug-likeness (QED) is 0.275. The molecule has 0 radical (unpaired) electrons. The second kappa shape index (κ2) is 4.33. The minimum atomic E-state index is -0.571. The van der Waals surface area contributed by atoms with Gasteiger partial charge < -0.3 is 14.5 Å². The van der Waals surface area contributed by atoms with Crippen molar-refractivity contribution in [3.05, 3.63) is 11.4 Å². The van der Waals surface area contributed by atoms with Crippen molar-refractivity contribution in [2.45, 2.75) is 6.92 Å². The predicted molar refractivity (Wildman–Crippen MR) is 55.0 cm³/mol. The number of rotatable bonds is 2. The molecule has 84 valence electrons. The summed E-state index contributed by atoms with van der Waals surface area (Å²) in [5, 5.41) is 0. The highest BCUT2D eigenvalue weighted by Crippen LogP contribution is 2.19. The summed E-state index contributed by atoms with van der Waals surface area (Å²) < 4.78 is 4.61. The predicted octanol–water partition coefficient (Wildman–Crippen LogP) is -0.163. The Balaban J connectivity index is 3.20. The van der Waals surface area contributed by atoms with E-state index in [4.69, 9.17) is 0 Å². The van der Waals surface area contributed by atoms with Crippen LogP contribution in [0.4, 0.5) is 0 Å². The first kappa shape index (κ1) is 11.6. The van der Waals surface area contributed by atoms with Crippen molar-refractivity contribution >= 4 is 11.8 Å². The van der Waals surface area contributed by atoms with Gasteiger partial charge in [-0.2, -0.15) is 0 Å². The monoisotopic (exact) mass is 212 g/mol. The fourth-order valence-electron chi connectivity index (χ4n) is 1.68. The number of hydrogen-bond donors (Lipinski definition) is 0. The van der Waals surface area contributed by atoms with Crippen LogP contribution in [0, 0.1) is 0 Å². The topological polar surface area (TPSA) is 49.9 Å². The van der Waals surface area contributed by atoms with Gasteiger partial charge in [-0.3, -0.25) is 4.79 Å². The van der Waals surface area contributed by atoms with Crippen molar-refractivity contribution in [1.82, 2.24) is 9.80 Å². The SMILES string of the molecule is COC(=O)C(C(C)=O)=C1N(C)CCN1C. The first-order valence-corrected chi connectivity index (χ1v) is 4.74. The van der Waals surface area contributed by atoms with Gasteiger partial charge in [0.05, 0.1) is 7.11 Å². The van der Waals surface area contributed by atoms with Crippen LogP contribution in [0.1, 0.15) is 6.92 Å². The lowest BCUT2D eigenvalue weighted by atomic mass is 10.2. The summed E-state index contributed by atoms with van der Waals surface area (Å²) in [4.78, 5) is 26.7. The van der Waals surface area contributed by atoms with E-state index in [9.17, 15) is 9.59 Å². The molecule has 5 heteroatoms. The summed E-state index contributed by atoms with van der Waals surface area (Å²) in [6.45, 7) is 2.98. The number of esters is 1. The van der Waals surface area contributed by atoms with Crippen LogP contribution in [0.2, 0.25) is 0 Å². The van der Waals surface area contributed by atoms with Gasteiger partial charge in [-0.25, -0.2) is 4.79 Å². The lowest BCUT2D eigenvalue weighted by Crippen LogP contribution is -2.26. The molecule has 0 atom stereocenters. The second-order valence-corrected chi connectivity index (χ2v) is 3.59. The van der Waals surface area contributed by atoms with Crippen molar-refractivity contribution in [3.8, 4) is 0 Å². The Morgan fingerprint density at radius 1 is 1.20 bits per heavy atom. The van der Waals surface area contributed by atoms with Gasteiger partial charge in [0.15, 0.2) is 5.78 Å². The first-order valence-electron chi connectivity index (χ1n) is 4.74. The number of carbonyl (C=O) groups excluding carboxylic acids is 2. The summed E-state index contributed by atoms with van der Waals surface area (Å²) in [5.74, 6) is -0.190. The van der Waals surface area contributed by atoms with E-state index in [-0.39, 0.29) is 11.4 Å². The summed E-state index contributed by atoms with van der Waals surface area (Å²) in [6, 6.07) is 0. The Morgan fingerprint density at radius 3 is 2.00 bits per heavy atom. The molecule has 0 aromatic rings. The van der Waals surface area contributed by atoms with Crippen LogP contribution in [0.3, 0.4) is 0 Å². The fraction of sp³-hybridized carbons (Fsp3) is 0.600. The maximum absolute atomic E-state index is 11.5. The Morgan fingerprint density at radius 2 is 1.67 bits per heavy atom. The molecule has 0 saturated carbocycles. The molecule has 1 fully saturated rings. The largest absolute Gasteiger partial charge is 0.465 e. The maximum atomic E-state index is 11.5. The number of likely N-dealkylation sites (N-methyl/N-ethyl adjacent to an activating group) is 2. The highest BCUT2D eigenvalue weighted by molar-refractivity contribution is 6.16. The molecule has 0 spiro atoms. The van der Waals surface area contributed by atoms with E-state index in [1.54, 1.807) is 0 Å². The van der Waals surface area contributed by atoms with Crippen molar-refractivity contribution < 1.29 is 14.3 Å². The van der Waals surface area contributed by atoms with Gasteiger partial charge in [0.2, 0.25) is 0 Å². The van der Waals surface area contributed by atoms with E-state index in [1.807, 2.05) is 23.9 Å². The van der Waals surface area contributed by atoms with E-state index in [1.165, 1.54) is 14.0 Å². The van der Waals surface area contributed by atoms with Crippen molar-refractivity contribution in [3.63, 3.8) is 0 Å². The van der Waals surface area contributed by atoms with Gasteiger partial charge in [0.25, 0.3) is 0 Å². The molecule has 1 heterocycles. The number of Topliss-reactive ketones (excluding diaryl/α,β-unsaturated/α-hetero) is 1. The highest BCUT2D eigenvalue weighted by atomic mass is 16.5. The minimum absolute atomic E-state index is 0.125. The molecule has 0 aromatic heterocycles. The smallest absolute Gasteiger partial charge is 0.345 e. The average Bonchev–Trinajstić information content (AvgIpc) is 2.49. The highest BCUT2D eigenvalue weighted by Gasteiger charge is 2.29. The van der Waals surface area contributed by atoms with Crippen molar-refractivity contribution in [2.75, 3.05) is 34.3 Å². The van der Waals surface area contributed by atoms with Gasteiger partial charge in [-0.05, 0) is 6.92 Å². The van der Waals surface area contributed by atoms with E-state index in [0.29, 0.717) is 5.82 Å². The summed E-state index contributed by atoms with van der Waals surface area (Å²) in [5.41, 5.74) is 0.125. The number of ketones is 1. The normalized spacial score (nSPS) is 15.6. The molecule has 5 nitrogen and oxygen atoms in total. The Labute approximate surface area is 89.3 Å². The Hall–Kier alpha value is -1.52. The molecular weight excluding hydrogens is 196 g/mol. The van der Waals surface area contributed by atoms with Gasteiger partial charge >= 0.3 is 5.97 Å². The zero-order chi connectivity index (χ0) is 11.6. The van der Waals surface area contributed by atoms with Gasteiger partial charge in [-0.1, -0.05) is 0 Å². The molecule has 0 unspecified atom stereocenters. The third kappa shape index (κ3) is 2.11. The molecule has 0 N–H and O–H groups in total. The van der Waals surface area contributed by atoms with Crippen LogP contribution < -0.4 is 0 Å². The standard InChI is InChI=1S/C10H16N2O3/c1-7(13)8(10(14)15-4)9-11(2)5-6-12(9)3/h5-6H2,1-4H3. The lowest BCUT2D eigenvalue weighted by Gasteiger charge is -2.20. The summed E-state index contributed by atoms with van der Waals surface area (Å²) >= 11 is 0.